The number of nitrogens with zero attached hydrogens (tertiary/aromatic N) is 2. The molecule has 2 rings (SSSR count). The van der Waals surface area contributed by atoms with Crippen molar-refractivity contribution in [2.24, 2.45) is 11.7 Å². The van der Waals surface area contributed by atoms with Gasteiger partial charge >= 0.3 is 0 Å². The number of rotatable bonds is 4. The number of aliphatic hydroxyl groups is 1. The quantitative estimate of drug-likeness (QED) is 0.822. The average molecular weight is 295 g/mol. The van der Waals surface area contributed by atoms with Crippen LogP contribution >= 0.6 is 0 Å². The first-order chi connectivity index (χ1) is 9.81. The van der Waals surface area contributed by atoms with Gasteiger partial charge in [0.05, 0.1) is 11.8 Å². The van der Waals surface area contributed by atoms with Crippen molar-refractivity contribution in [2.45, 2.75) is 45.3 Å². The number of aliphatic hydroxyl groups excluding tert-OH is 1. The molecule has 2 unspecified atom stereocenters. The summed E-state index contributed by atoms with van der Waals surface area (Å²) in [5.41, 5.74) is 6.02. The molecule has 1 aromatic heterocycles. The number of hydrogen-bond acceptors (Lipinski definition) is 5. The van der Waals surface area contributed by atoms with Crippen LogP contribution in [0.1, 0.15) is 37.6 Å². The van der Waals surface area contributed by atoms with Crippen LogP contribution in [0, 0.1) is 12.8 Å². The van der Waals surface area contributed by atoms with Crippen LogP contribution in [0.15, 0.2) is 10.6 Å². The Bertz CT molecular complexity index is 540. The number of aryl methyl sites for hydroxylation is 1. The molecule has 2 heterocycles. The molecule has 3 N–H and O–H groups in total. The van der Waals surface area contributed by atoms with E-state index >= 15 is 0 Å². The molecule has 7 heteroatoms. The zero-order chi connectivity index (χ0) is 15.7. The highest BCUT2D eigenvalue weighted by atomic mass is 16.5. The maximum atomic E-state index is 12.8. The summed E-state index contributed by atoms with van der Waals surface area (Å²) in [5.74, 6) is -0.968. The Morgan fingerprint density at radius 3 is 2.67 bits per heavy atom. The summed E-state index contributed by atoms with van der Waals surface area (Å²) < 4.78 is 5.21. The predicted octanol–water partition coefficient (Wildman–Crippen LogP) is 0.170. The van der Waals surface area contributed by atoms with E-state index in [1.165, 1.54) is 4.90 Å². The molecular weight excluding hydrogens is 274 g/mol. The molecule has 0 aromatic carbocycles. The standard InChI is InChI=1S/C14H21N3O4/c1-7(2)12(11-4-8(3)16-21-11)14(20)17-6-9(18)5-10(17)13(15)19/h4,7,9-10,12,18H,5-6H2,1-3H3,(H2,15,19)/t9?,10?,12-/m1/s1. The van der Waals surface area contributed by atoms with Gasteiger partial charge < -0.3 is 20.3 Å². The first-order valence-corrected chi connectivity index (χ1v) is 7.02. The van der Waals surface area contributed by atoms with Crippen LogP contribution in [0.2, 0.25) is 0 Å². The SMILES string of the molecule is Cc1cc([C@H](C(=O)N2CC(O)CC2C(N)=O)C(C)C)on1. The van der Waals surface area contributed by atoms with Crippen molar-refractivity contribution in [3.8, 4) is 0 Å². The molecule has 0 bridgehead atoms. The Kier molecular flexibility index (Phi) is 4.32. The van der Waals surface area contributed by atoms with Crippen LogP contribution in [0.4, 0.5) is 0 Å². The minimum atomic E-state index is -0.766. The number of primary amides is 1. The number of amides is 2. The molecule has 1 fully saturated rings. The first kappa shape index (κ1) is 15.5. The maximum absolute atomic E-state index is 12.8. The third kappa shape index (κ3) is 3.07. The second-order valence-corrected chi connectivity index (χ2v) is 5.89. The topological polar surface area (TPSA) is 110 Å². The molecule has 7 nitrogen and oxygen atoms in total. The zero-order valence-electron chi connectivity index (χ0n) is 12.4. The van der Waals surface area contributed by atoms with E-state index in [2.05, 4.69) is 5.16 Å². The molecule has 21 heavy (non-hydrogen) atoms. The molecule has 1 saturated heterocycles. The van der Waals surface area contributed by atoms with E-state index < -0.39 is 24.0 Å². The van der Waals surface area contributed by atoms with Crippen LogP contribution < -0.4 is 5.73 Å². The Morgan fingerprint density at radius 1 is 1.52 bits per heavy atom. The number of likely N-dealkylation sites (tertiary alicyclic amines) is 1. The first-order valence-electron chi connectivity index (χ1n) is 7.02. The monoisotopic (exact) mass is 295 g/mol. The normalized spacial score (nSPS) is 23.6. The zero-order valence-corrected chi connectivity index (χ0v) is 12.4. The molecule has 0 radical (unpaired) electrons. The molecule has 1 aliphatic rings. The molecular formula is C14H21N3O4. The van der Waals surface area contributed by atoms with Gasteiger partial charge in [0.25, 0.3) is 0 Å². The van der Waals surface area contributed by atoms with Crippen molar-refractivity contribution in [3.63, 3.8) is 0 Å². The molecule has 0 aliphatic carbocycles. The van der Waals surface area contributed by atoms with Gasteiger partial charge in [-0.05, 0) is 12.8 Å². The van der Waals surface area contributed by atoms with Gasteiger partial charge in [-0.25, -0.2) is 0 Å². The van der Waals surface area contributed by atoms with Crippen molar-refractivity contribution in [1.29, 1.82) is 0 Å². The number of nitrogens with two attached hydrogens (primary N) is 1. The van der Waals surface area contributed by atoms with Crippen molar-refractivity contribution < 1.29 is 19.2 Å². The highest BCUT2D eigenvalue weighted by Crippen LogP contribution is 2.30. The fourth-order valence-corrected chi connectivity index (χ4v) is 2.77. The highest BCUT2D eigenvalue weighted by molar-refractivity contribution is 5.90. The summed E-state index contributed by atoms with van der Waals surface area (Å²) in [6.45, 7) is 5.68. The lowest BCUT2D eigenvalue weighted by atomic mass is 9.91. The van der Waals surface area contributed by atoms with Crippen LogP contribution in [-0.4, -0.2) is 45.7 Å². The van der Waals surface area contributed by atoms with E-state index in [9.17, 15) is 14.7 Å². The largest absolute Gasteiger partial charge is 0.391 e. The van der Waals surface area contributed by atoms with E-state index in [0.29, 0.717) is 11.5 Å². The minimum Gasteiger partial charge on any atom is -0.391 e. The van der Waals surface area contributed by atoms with Gasteiger partial charge in [0, 0.05) is 19.0 Å². The lowest BCUT2D eigenvalue weighted by Gasteiger charge is -2.27. The summed E-state index contributed by atoms with van der Waals surface area (Å²) in [5, 5.41) is 13.5. The second-order valence-electron chi connectivity index (χ2n) is 5.89. The fraction of sp³-hybridized carbons (Fsp3) is 0.643. The van der Waals surface area contributed by atoms with E-state index in [4.69, 9.17) is 10.3 Å². The Hall–Kier alpha value is -1.89. The summed E-state index contributed by atoms with van der Waals surface area (Å²) in [7, 11) is 0. The van der Waals surface area contributed by atoms with Crippen LogP contribution in [0.3, 0.4) is 0 Å². The molecule has 0 spiro atoms. The lowest BCUT2D eigenvalue weighted by molar-refractivity contribution is -0.139. The van der Waals surface area contributed by atoms with Crippen LogP contribution in [0.5, 0.6) is 0 Å². The van der Waals surface area contributed by atoms with Crippen LogP contribution in [0.25, 0.3) is 0 Å². The Morgan fingerprint density at radius 2 is 2.19 bits per heavy atom. The smallest absolute Gasteiger partial charge is 0.240 e. The molecule has 0 saturated carbocycles. The fourth-order valence-electron chi connectivity index (χ4n) is 2.77. The van der Waals surface area contributed by atoms with E-state index in [1.54, 1.807) is 13.0 Å². The lowest BCUT2D eigenvalue weighted by Crippen LogP contribution is -2.46. The van der Waals surface area contributed by atoms with Gasteiger partial charge in [-0.3, -0.25) is 9.59 Å². The molecule has 116 valence electrons. The maximum Gasteiger partial charge on any atom is 0.240 e. The van der Waals surface area contributed by atoms with E-state index in [0.717, 1.165) is 0 Å². The number of carbonyl (C=O) groups is 2. The van der Waals surface area contributed by atoms with Crippen molar-refractivity contribution in [3.05, 3.63) is 17.5 Å². The van der Waals surface area contributed by atoms with Gasteiger partial charge in [-0.15, -0.1) is 0 Å². The predicted molar refractivity (Wildman–Crippen MR) is 74.1 cm³/mol. The molecule has 1 aromatic rings. The van der Waals surface area contributed by atoms with Gasteiger partial charge in [0.1, 0.15) is 17.7 Å². The number of carbonyl (C=O) groups excluding carboxylic acids is 2. The average Bonchev–Trinajstić information content (AvgIpc) is 2.95. The minimum absolute atomic E-state index is 0.0314. The Labute approximate surface area is 123 Å². The van der Waals surface area contributed by atoms with Gasteiger partial charge in [0.2, 0.25) is 11.8 Å². The van der Waals surface area contributed by atoms with Gasteiger partial charge in [0.15, 0.2) is 0 Å². The van der Waals surface area contributed by atoms with Crippen molar-refractivity contribution in [2.75, 3.05) is 6.54 Å². The van der Waals surface area contributed by atoms with Crippen molar-refractivity contribution in [1.82, 2.24) is 10.1 Å². The number of β-amino-alcohol motifs (C(OH)–C–C–N with tert-alkyl or cyclic N) is 1. The molecule has 2 amide bonds. The molecule has 1 aliphatic heterocycles. The van der Waals surface area contributed by atoms with E-state index in [-0.39, 0.29) is 24.8 Å². The van der Waals surface area contributed by atoms with Crippen LogP contribution in [-0.2, 0) is 9.59 Å². The number of hydrogen-bond donors (Lipinski definition) is 2. The Balaban J connectivity index is 2.28. The van der Waals surface area contributed by atoms with Crippen molar-refractivity contribution >= 4 is 11.8 Å². The van der Waals surface area contributed by atoms with Gasteiger partial charge in [-0.1, -0.05) is 19.0 Å². The van der Waals surface area contributed by atoms with E-state index in [1.807, 2.05) is 13.8 Å². The summed E-state index contributed by atoms with van der Waals surface area (Å²) in [6.07, 6.45) is -0.544. The summed E-state index contributed by atoms with van der Waals surface area (Å²) in [4.78, 5) is 25.6. The highest BCUT2D eigenvalue weighted by Gasteiger charge is 2.42. The van der Waals surface area contributed by atoms with Gasteiger partial charge in [-0.2, -0.15) is 0 Å². The molecule has 3 atom stereocenters. The third-order valence-corrected chi connectivity index (χ3v) is 3.78. The summed E-state index contributed by atoms with van der Waals surface area (Å²) >= 11 is 0. The third-order valence-electron chi connectivity index (χ3n) is 3.78. The summed E-state index contributed by atoms with van der Waals surface area (Å²) in [6, 6.07) is 0.951. The number of aromatic nitrogens is 1. The second kappa shape index (κ2) is 5.85.